The standard InChI is InChI=1S/C30H29NO4/c1-19-13-23(33-2)11-12-24(19)20-14-21-16-34-17-22(15-20)31(21)30(32)35-18-29-27-9-5-3-7-25(27)26-8-4-6-10-28(26)29/h3-14,21-22,29H,15-18H2,1-2H3. The van der Waals surface area contributed by atoms with Gasteiger partial charge < -0.3 is 14.2 Å². The molecule has 3 aromatic carbocycles. The number of hydrogen-bond acceptors (Lipinski definition) is 4. The normalized spacial score (nSPS) is 20.6. The summed E-state index contributed by atoms with van der Waals surface area (Å²) in [5.41, 5.74) is 8.54. The number of nitrogens with zero attached hydrogens (tertiary/aromatic N) is 1. The van der Waals surface area contributed by atoms with Crippen LogP contribution in [0.5, 0.6) is 5.75 Å². The van der Waals surface area contributed by atoms with E-state index in [2.05, 4.69) is 73.7 Å². The van der Waals surface area contributed by atoms with Crippen LogP contribution in [0.4, 0.5) is 4.79 Å². The monoisotopic (exact) mass is 467 g/mol. The Bertz CT molecular complexity index is 1270. The predicted molar refractivity (Wildman–Crippen MR) is 136 cm³/mol. The molecule has 2 bridgehead atoms. The van der Waals surface area contributed by atoms with Crippen LogP contribution < -0.4 is 4.74 Å². The van der Waals surface area contributed by atoms with Gasteiger partial charge in [-0.15, -0.1) is 0 Å². The van der Waals surface area contributed by atoms with Crippen molar-refractivity contribution < 1.29 is 19.0 Å². The lowest BCUT2D eigenvalue weighted by atomic mass is 9.88. The number of fused-ring (bicyclic) bond motifs is 5. The Hall–Kier alpha value is -3.57. The van der Waals surface area contributed by atoms with Gasteiger partial charge in [-0.25, -0.2) is 4.79 Å². The number of aryl methyl sites for hydroxylation is 1. The molecule has 2 unspecified atom stereocenters. The lowest BCUT2D eigenvalue weighted by molar-refractivity contribution is -0.0331. The van der Waals surface area contributed by atoms with Gasteiger partial charge in [-0.05, 0) is 64.4 Å². The second-order valence-electron chi connectivity index (χ2n) is 9.55. The number of carbonyl (C=O) groups excluding carboxylic acids is 1. The number of methoxy groups -OCH3 is 1. The van der Waals surface area contributed by atoms with E-state index in [1.165, 1.54) is 39.0 Å². The molecule has 2 aliphatic heterocycles. The van der Waals surface area contributed by atoms with Gasteiger partial charge >= 0.3 is 6.09 Å². The lowest BCUT2D eigenvalue weighted by Crippen LogP contribution is -2.56. The summed E-state index contributed by atoms with van der Waals surface area (Å²) in [5, 5.41) is 0. The van der Waals surface area contributed by atoms with Crippen molar-refractivity contribution in [3.63, 3.8) is 0 Å². The Kier molecular flexibility index (Phi) is 5.57. The Labute approximate surface area is 205 Å². The molecule has 1 fully saturated rings. The minimum Gasteiger partial charge on any atom is -0.497 e. The van der Waals surface area contributed by atoms with Crippen LogP contribution in [-0.2, 0) is 9.47 Å². The topological polar surface area (TPSA) is 48.0 Å². The third-order valence-electron chi connectivity index (χ3n) is 7.53. The van der Waals surface area contributed by atoms with Crippen LogP contribution in [0.15, 0.2) is 72.8 Å². The molecule has 0 N–H and O–H groups in total. The SMILES string of the molecule is COc1ccc(C2=CC3COCC(C2)N3C(=O)OCC2c3ccccc3-c3ccccc32)c(C)c1. The van der Waals surface area contributed by atoms with Gasteiger partial charge in [-0.1, -0.05) is 60.7 Å². The maximum atomic E-state index is 13.4. The summed E-state index contributed by atoms with van der Waals surface area (Å²) in [6, 6.07) is 22.8. The number of amides is 1. The van der Waals surface area contributed by atoms with Crippen molar-refractivity contribution in [2.75, 3.05) is 26.9 Å². The molecule has 2 heterocycles. The molecule has 1 amide bonds. The molecule has 5 nitrogen and oxygen atoms in total. The third-order valence-corrected chi connectivity index (χ3v) is 7.53. The molecule has 6 rings (SSSR count). The number of benzene rings is 3. The highest BCUT2D eigenvalue weighted by Gasteiger charge is 2.40. The van der Waals surface area contributed by atoms with Crippen molar-refractivity contribution in [1.82, 2.24) is 4.90 Å². The quantitative estimate of drug-likeness (QED) is 0.486. The molecule has 5 heteroatoms. The molecular formula is C30H29NO4. The maximum Gasteiger partial charge on any atom is 0.410 e. The molecule has 2 atom stereocenters. The van der Waals surface area contributed by atoms with Crippen molar-refractivity contribution in [1.29, 1.82) is 0 Å². The van der Waals surface area contributed by atoms with Crippen molar-refractivity contribution in [2.24, 2.45) is 0 Å². The summed E-state index contributed by atoms with van der Waals surface area (Å²) in [4.78, 5) is 15.3. The van der Waals surface area contributed by atoms with Gasteiger partial charge in [0.05, 0.1) is 32.4 Å². The van der Waals surface area contributed by atoms with Crippen molar-refractivity contribution in [3.8, 4) is 16.9 Å². The first-order valence-corrected chi connectivity index (χ1v) is 12.2. The molecule has 178 valence electrons. The van der Waals surface area contributed by atoms with Gasteiger partial charge in [0.1, 0.15) is 12.4 Å². The van der Waals surface area contributed by atoms with Crippen LogP contribution in [0, 0.1) is 6.92 Å². The molecule has 0 aromatic heterocycles. The van der Waals surface area contributed by atoms with Crippen LogP contribution in [0.2, 0.25) is 0 Å². The van der Waals surface area contributed by atoms with E-state index in [0.29, 0.717) is 19.8 Å². The minimum atomic E-state index is -0.257. The summed E-state index contributed by atoms with van der Waals surface area (Å²) in [6.45, 7) is 3.44. The van der Waals surface area contributed by atoms with Crippen LogP contribution >= 0.6 is 0 Å². The minimum absolute atomic E-state index is 0.0362. The largest absolute Gasteiger partial charge is 0.497 e. The number of hydrogen-bond donors (Lipinski definition) is 0. The number of rotatable bonds is 4. The Balaban J connectivity index is 1.22. The van der Waals surface area contributed by atoms with E-state index in [1.807, 2.05) is 11.0 Å². The zero-order valence-corrected chi connectivity index (χ0v) is 20.1. The first-order valence-electron chi connectivity index (χ1n) is 12.2. The molecule has 35 heavy (non-hydrogen) atoms. The van der Waals surface area contributed by atoms with E-state index < -0.39 is 0 Å². The number of morpholine rings is 1. The van der Waals surface area contributed by atoms with Gasteiger partial charge in [-0.2, -0.15) is 0 Å². The molecule has 3 aromatic rings. The van der Waals surface area contributed by atoms with E-state index in [9.17, 15) is 4.79 Å². The Morgan fingerprint density at radius 1 is 0.971 bits per heavy atom. The highest BCUT2D eigenvalue weighted by atomic mass is 16.6. The highest BCUT2D eigenvalue weighted by Crippen LogP contribution is 2.44. The van der Waals surface area contributed by atoms with Gasteiger partial charge in [-0.3, -0.25) is 4.90 Å². The smallest absolute Gasteiger partial charge is 0.410 e. The average molecular weight is 468 g/mol. The first-order chi connectivity index (χ1) is 17.1. The summed E-state index contributed by atoms with van der Waals surface area (Å²) in [5.74, 6) is 0.909. The van der Waals surface area contributed by atoms with Crippen LogP contribution in [0.25, 0.3) is 16.7 Å². The predicted octanol–water partition coefficient (Wildman–Crippen LogP) is 5.81. The van der Waals surface area contributed by atoms with Gasteiger partial charge in [0.15, 0.2) is 0 Å². The Morgan fingerprint density at radius 3 is 2.34 bits per heavy atom. The zero-order chi connectivity index (χ0) is 23.9. The molecule has 0 saturated carbocycles. The second kappa shape index (κ2) is 8.90. The summed E-state index contributed by atoms with van der Waals surface area (Å²) in [6.07, 6.45) is 2.66. The van der Waals surface area contributed by atoms with Crippen molar-refractivity contribution in [3.05, 3.63) is 95.1 Å². The molecule has 1 saturated heterocycles. The third kappa shape index (κ3) is 3.80. The number of carbonyl (C=O) groups is 1. The van der Waals surface area contributed by atoms with E-state index in [0.717, 1.165) is 12.2 Å². The summed E-state index contributed by atoms with van der Waals surface area (Å²) < 4.78 is 17.2. The van der Waals surface area contributed by atoms with E-state index >= 15 is 0 Å². The van der Waals surface area contributed by atoms with E-state index in [-0.39, 0.29) is 24.1 Å². The zero-order valence-electron chi connectivity index (χ0n) is 20.1. The van der Waals surface area contributed by atoms with Crippen molar-refractivity contribution >= 4 is 11.7 Å². The van der Waals surface area contributed by atoms with E-state index in [4.69, 9.17) is 14.2 Å². The lowest BCUT2D eigenvalue weighted by Gasteiger charge is -2.44. The van der Waals surface area contributed by atoms with Crippen LogP contribution in [0.1, 0.15) is 34.6 Å². The van der Waals surface area contributed by atoms with Gasteiger partial charge in [0.25, 0.3) is 0 Å². The summed E-state index contributed by atoms with van der Waals surface area (Å²) >= 11 is 0. The summed E-state index contributed by atoms with van der Waals surface area (Å²) in [7, 11) is 1.68. The average Bonchev–Trinajstić information content (AvgIpc) is 3.20. The molecule has 0 spiro atoms. The van der Waals surface area contributed by atoms with E-state index in [1.54, 1.807) is 7.11 Å². The fourth-order valence-electron chi connectivity index (χ4n) is 5.87. The van der Waals surface area contributed by atoms with Crippen LogP contribution in [-0.4, -0.2) is 50.0 Å². The first kappa shape index (κ1) is 21.9. The highest BCUT2D eigenvalue weighted by molar-refractivity contribution is 5.79. The fourth-order valence-corrected chi connectivity index (χ4v) is 5.87. The van der Waals surface area contributed by atoms with Crippen LogP contribution in [0.3, 0.4) is 0 Å². The molecular weight excluding hydrogens is 438 g/mol. The molecule has 1 aliphatic carbocycles. The van der Waals surface area contributed by atoms with Gasteiger partial charge in [0.2, 0.25) is 0 Å². The molecule has 3 aliphatic rings. The van der Waals surface area contributed by atoms with Gasteiger partial charge in [0, 0.05) is 5.92 Å². The van der Waals surface area contributed by atoms with Crippen molar-refractivity contribution in [2.45, 2.75) is 31.3 Å². The second-order valence-corrected chi connectivity index (χ2v) is 9.55. The molecule has 0 radical (unpaired) electrons. The Morgan fingerprint density at radius 2 is 1.69 bits per heavy atom. The fraction of sp³-hybridized carbons (Fsp3) is 0.300. The number of ether oxygens (including phenoxy) is 3. The maximum absolute atomic E-state index is 13.4.